The standard InChI is InChI=1S/C30H31N5O2/c1-21-7-8-23(16-22(21)10-12-26-18-31-29-6-4-5-14-35(26)29)30(37)32-25-11-9-24(28(36)17-25)19-34-15-13-27(20-34)33(2)3/h4-9,11,14,16-18,27,36H,13,15,19-20H2,1-3H3,(H,32,37). The number of benzene rings is 2. The fourth-order valence-electron chi connectivity index (χ4n) is 4.65. The van der Waals surface area contributed by atoms with Crippen LogP contribution in [0.2, 0.25) is 0 Å². The molecule has 0 aliphatic carbocycles. The number of aromatic nitrogens is 2. The van der Waals surface area contributed by atoms with Crippen molar-refractivity contribution in [3.05, 3.63) is 94.9 Å². The van der Waals surface area contributed by atoms with E-state index in [0.29, 0.717) is 23.8 Å². The number of nitrogens with one attached hydrogen (secondary N) is 1. The van der Waals surface area contributed by atoms with Gasteiger partial charge >= 0.3 is 0 Å². The van der Waals surface area contributed by atoms with Gasteiger partial charge in [0, 0.05) is 60.3 Å². The first-order valence-electron chi connectivity index (χ1n) is 12.4. The topological polar surface area (TPSA) is 73.1 Å². The molecule has 188 valence electrons. The maximum absolute atomic E-state index is 13.0. The Hall–Kier alpha value is -4.12. The molecule has 37 heavy (non-hydrogen) atoms. The third-order valence-corrected chi connectivity index (χ3v) is 6.96. The maximum Gasteiger partial charge on any atom is 0.255 e. The Labute approximate surface area is 217 Å². The summed E-state index contributed by atoms with van der Waals surface area (Å²) in [6, 6.07) is 17.2. The number of phenols is 1. The Morgan fingerprint density at radius 3 is 2.81 bits per heavy atom. The van der Waals surface area contributed by atoms with Crippen LogP contribution in [0, 0.1) is 18.8 Å². The first-order valence-corrected chi connectivity index (χ1v) is 12.4. The molecule has 0 saturated carbocycles. The molecular weight excluding hydrogens is 462 g/mol. The quantitative estimate of drug-likeness (QED) is 0.409. The highest BCUT2D eigenvalue weighted by molar-refractivity contribution is 6.04. The number of aromatic hydroxyl groups is 1. The number of hydrogen-bond acceptors (Lipinski definition) is 5. The molecule has 3 heterocycles. The van der Waals surface area contributed by atoms with Gasteiger partial charge in [0.2, 0.25) is 0 Å². The van der Waals surface area contributed by atoms with E-state index >= 15 is 0 Å². The molecule has 1 unspecified atom stereocenters. The zero-order valence-electron chi connectivity index (χ0n) is 21.4. The first-order chi connectivity index (χ1) is 17.9. The summed E-state index contributed by atoms with van der Waals surface area (Å²) in [5, 5.41) is 13.5. The highest BCUT2D eigenvalue weighted by Crippen LogP contribution is 2.26. The number of imidazole rings is 1. The number of likely N-dealkylation sites (N-methyl/N-ethyl adjacent to an activating group) is 1. The second kappa shape index (κ2) is 10.5. The van der Waals surface area contributed by atoms with Crippen LogP contribution < -0.4 is 5.32 Å². The van der Waals surface area contributed by atoms with E-state index in [1.807, 2.05) is 53.9 Å². The lowest BCUT2D eigenvalue weighted by Crippen LogP contribution is -2.31. The van der Waals surface area contributed by atoms with Crippen molar-refractivity contribution in [3.8, 4) is 17.6 Å². The molecule has 4 aromatic rings. The van der Waals surface area contributed by atoms with Crippen molar-refractivity contribution in [1.82, 2.24) is 19.2 Å². The number of carbonyl (C=O) groups is 1. The van der Waals surface area contributed by atoms with Gasteiger partial charge in [0.1, 0.15) is 17.1 Å². The van der Waals surface area contributed by atoms with Gasteiger partial charge in [-0.15, -0.1) is 0 Å². The lowest BCUT2D eigenvalue weighted by atomic mass is 10.0. The summed E-state index contributed by atoms with van der Waals surface area (Å²) in [5.41, 5.74) is 5.30. The van der Waals surface area contributed by atoms with Crippen LogP contribution in [0.3, 0.4) is 0 Å². The zero-order valence-corrected chi connectivity index (χ0v) is 21.4. The van der Waals surface area contributed by atoms with E-state index in [9.17, 15) is 9.90 Å². The van der Waals surface area contributed by atoms with Crippen molar-refractivity contribution < 1.29 is 9.90 Å². The van der Waals surface area contributed by atoms with Crippen LogP contribution >= 0.6 is 0 Å². The number of amides is 1. The molecule has 0 bridgehead atoms. The highest BCUT2D eigenvalue weighted by atomic mass is 16.3. The number of nitrogens with zero attached hydrogens (tertiary/aromatic N) is 4. The molecule has 1 saturated heterocycles. The van der Waals surface area contributed by atoms with Crippen molar-refractivity contribution in [2.24, 2.45) is 0 Å². The normalized spacial score (nSPS) is 15.6. The average Bonchev–Trinajstić information content (AvgIpc) is 3.52. The Morgan fingerprint density at radius 2 is 2.03 bits per heavy atom. The van der Waals surface area contributed by atoms with Crippen molar-refractivity contribution >= 4 is 17.2 Å². The summed E-state index contributed by atoms with van der Waals surface area (Å²) in [5.74, 6) is 6.30. The predicted octanol–water partition coefficient (Wildman–Crippen LogP) is 4.14. The number of aryl methyl sites for hydroxylation is 1. The largest absolute Gasteiger partial charge is 0.508 e. The highest BCUT2D eigenvalue weighted by Gasteiger charge is 2.24. The van der Waals surface area contributed by atoms with Crippen molar-refractivity contribution in [2.75, 3.05) is 32.5 Å². The van der Waals surface area contributed by atoms with Crippen molar-refractivity contribution in [2.45, 2.75) is 25.9 Å². The molecule has 0 radical (unpaired) electrons. The first kappa shape index (κ1) is 24.6. The van der Waals surface area contributed by atoms with Gasteiger partial charge in [-0.05, 0) is 69.3 Å². The molecule has 7 nitrogen and oxygen atoms in total. The summed E-state index contributed by atoms with van der Waals surface area (Å²) >= 11 is 0. The second-order valence-corrected chi connectivity index (χ2v) is 9.79. The summed E-state index contributed by atoms with van der Waals surface area (Å²) in [7, 11) is 4.21. The van der Waals surface area contributed by atoms with E-state index in [4.69, 9.17) is 0 Å². The molecule has 2 aromatic carbocycles. The van der Waals surface area contributed by atoms with Gasteiger partial charge in [0.15, 0.2) is 0 Å². The average molecular weight is 494 g/mol. The number of pyridine rings is 1. The summed E-state index contributed by atoms with van der Waals surface area (Å²) < 4.78 is 1.93. The number of anilines is 1. The smallest absolute Gasteiger partial charge is 0.255 e. The summed E-state index contributed by atoms with van der Waals surface area (Å²) in [6.07, 6.45) is 4.80. The molecular formula is C30H31N5O2. The van der Waals surface area contributed by atoms with Crippen molar-refractivity contribution in [3.63, 3.8) is 0 Å². The molecule has 1 aliphatic rings. The van der Waals surface area contributed by atoms with Gasteiger partial charge in [-0.1, -0.05) is 24.1 Å². The van der Waals surface area contributed by atoms with Gasteiger partial charge < -0.3 is 15.3 Å². The molecule has 0 spiro atoms. The van der Waals surface area contributed by atoms with E-state index in [-0.39, 0.29) is 11.7 Å². The third kappa shape index (κ3) is 5.51. The summed E-state index contributed by atoms with van der Waals surface area (Å²) in [6.45, 7) is 4.66. The number of fused-ring (bicyclic) bond motifs is 1. The SMILES string of the molecule is Cc1ccc(C(=O)Nc2ccc(CN3CCC(N(C)C)C3)c(O)c2)cc1C#Cc1cnc2ccccn12. The van der Waals surface area contributed by atoms with Crippen LogP contribution in [0.4, 0.5) is 5.69 Å². The monoisotopic (exact) mass is 493 g/mol. The fourth-order valence-corrected chi connectivity index (χ4v) is 4.65. The molecule has 2 N–H and O–H groups in total. The molecule has 1 aliphatic heterocycles. The summed E-state index contributed by atoms with van der Waals surface area (Å²) in [4.78, 5) is 22.0. The van der Waals surface area contributed by atoms with Gasteiger partial charge in [-0.3, -0.25) is 14.1 Å². The second-order valence-electron chi connectivity index (χ2n) is 9.79. The van der Waals surface area contributed by atoms with Gasteiger partial charge in [-0.2, -0.15) is 0 Å². The van der Waals surface area contributed by atoms with E-state index in [1.54, 1.807) is 24.4 Å². The zero-order chi connectivity index (χ0) is 25.9. The van der Waals surface area contributed by atoms with E-state index in [0.717, 1.165) is 47.5 Å². The minimum atomic E-state index is -0.252. The lowest BCUT2D eigenvalue weighted by molar-refractivity contribution is 0.102. The fraction of sp³-hybridized carbons (Fsp3) is 0.267. The Balaban J connectivity index is 1.28. The third-order valence-electron chi connectivity index (χ3n) is 6.96. The number of phenolic OH excluding ortho intramolecular Hbond substituents is 1. The molecule has 1 fully saturated rings. The van der Waals surface area contributed by atoms with E-state index in [2.05, 4.69) is 46.0 Å². The number of likely N-dealkylation sites (tertiary alicyclic amines) is 1. The van der Waals surface area contributed by atoms with E-state index < -0.39 is 0 Å². The van der Waals surface area contributed by atoms with Crippen LogP contribution in [-0.2, 0) is 6.54 Å². The van der Waals surface area contributed by atoms with Gasteiger partial charge in [0.25, 0.3) is 5.91 Å². The number of carbonyl (C=O) groups excluding carboxylic acids is 1. The Kier molecular flexibility index (Phi) is 6.95. The van der Waals surface area contributed by atoms with Crippen LogP contribution in [-0.4, -0.2) is 63.4 Å². The van der Waals surface area contributed by atoms with Crippen molar-refractivity contribution in [1.29, 1.82) is 0 Å². The van der Waals surface area contributed by atoms with Crippen LogP contribution in [0.5, 0.6) is 5.75 Å². The molecule has 5 rings (SSSR count). The maximum atomic E-state index is 13.0. The number of hydrogen-bond donors (Lipinski definition) is 2. The lowest BCUT2D eigenvalue weighted by Gasteiger charge is -2.20. The van der Waals surface area contributed by atoms with Gasteiger partial charge in [0.05, 0.1) is 6.20 Å². The minimum Gasteiger partial charge on any atom is -0.508 e. The molecule has 1 atom stereocenters. The van der Waals surface area contributed by atoms with Crippen LogP contribution in [0.25, 0.3) is 5.65 Å². The van der Waals surface area contributed by atoms with Crippen LogP contribution in [0.15, 0.2) is 67.0 Å². The molecule has 7 heteroatoms. The Bertz CT molecular complexity index is 1510. The predicted molar refractivity (Wildman–Crippen MR) is 146 cm³/mol. The molecule has 2 aromatic heterocycles. The van der Waals surface area contributed by atoms with Crippen LogP contribution in [0.1, 0.15) is 39.2 Å². The van der Waals surface area contributed by atoms with Gasteiger partial charge in [-0.25, -0.2) is 4.98 Å². The Morgan fingerprint density at radius 1 is 1.16 bits per heavy atom. The minimum absolute atomic E-state index is 0.189. The molecule has 1 amide bonds. The van der Waals surface area contributed by atoms with E-state index in [1.165, 1.54) is 0 Å². The number of rotatable bonds is 5.